The van der Waals surface area contributed by atoms with Gasteiger partial charge in [-0.2, -0.15) is 0 Å². The molecule has 1 aromatic heterocycles. The number of carbonyl (C=O) groups excluding carboxylic acids is 1. The Morgan fingerprint density at radius 1 is 1.08 bits per heavy atom. The predicted molar refractivity (Wildman–Crippen MR) is 91.1 cm³/mol. The van der Waals surface area contributed by atoms with Crippen molar-refractivity contribution in [2.45, 2.75) is 44.1 Å². The molecule has 2 heterocycles. The lowest BCUT2D eigenvalue weighted by molar-refractivity contribution is -0.132. The highest BCUT2D eigenvalue weighted by Gasteiger charge is 2.35. The third-order valence-electron chi connectivity index (χ3n) is 5.26. The first-order valence-electron chi connectivity index (χ1n) is 8.92. The van der Waals surface area contributed by atoms with Gasteiger partial charge in [0.05, 0.1) is 12.1 Å². The van der Waals surface area contributed by atoms with Crippen LogP contribution in [0.5, 0.6) is 0 Å². The van der Waals surface area contributed by atoms with E-state index < -0.39 is 11.7 Å². The topological polar surface area (TPSA) is 94.0 Å². The number of nitrogens with zero attached hydrogens (tertiary/aromatic N) is 3. The Balaban J connectivity index is 1.69. The highest BCUT2D eigenvalue weighted by Crippen LogP contribution is 2.37. The van der Waals surface area contributed by atoms with Crippen molar-refractivity contribution >= 4 is 12.0 Å². The van der Waals surface area contributed by atoms with Crippen molar-refractivity contribution in [1.29, 1.82) is 0 Å². The molecule has 3 rings (SSSR count). The molecule has 2 fully saturated rings. The zero-order valence-electron chi connectivity index (χ0n) is 14.4. The van der Waals surface area contributed by atoms with E-state index in [4.69, 9.17) is 5.11 Å². The molecule has 0 atom stereocenters. The minimum absolute atomic E-state index is 0.0429. The Morgan fingerprint density at radius 3 is 2.36 bits per heavy atom. The van der Waals surface area contributed by atoms with Crippen LogP contribution in [0.15, 0.2) is 18.3 Å². The van der Waals surface area contributed by atoms with Crippen LogP contribution in [0.1, 0.15) is 43.4 Å². The standard InChI is InChI=1S/C18H25N3O4/c22-15(20-9-11-21(12-10-20)17(23)24)13-14-5-4-8-19-16(14)18(25)6-2-1-3-7-18/h4-5,8,25H,1-3,6-7,9-13H2,(H,23,24). The molecule has 136 valence electrons. The summed E-state index contributed by atoms with van der Waals surface area (Å²) < 4.78 is 0. The number of rotatable bonds is 3. The third-order valence-corrected chi connectivity index (χ3v) is 5.26. The number of piperazine rings is 1. The Labute approximate surface area is 147 Å². The summed E-state index contributed by atoms with van der Waals surface area (Å²) in [5.74, 6) is -0.0429. The number of hydrogen-bond acceptors (Lipinski definition) is 4. The Bertz CT molecular complexity index is 635. The zero-order chi connectivity index (χ0) is 17.9. The van der Waals surface area contributed by atoms with E-state index in [0.717, 1.165) is 24.8 Å². The molecule has 0 bridgehead atoms. The number of hydrogen-bond donors (Lipinski definition) is 2. The third kappa shape index (κ3) is 3.92. The number of pyridine rings is 1. The molecular weight excluding hydrogens is 322 g/mol. The second-order valence-corrected chi connectivity index (χ2v) is 6.93. The van der Waals surface area contributed by atoms with Gasteiger partial charge in [0.2, 0.25) is 5.91 Å². The van der Waals surface area contributed by atoms with Crippen molar-refractivity contribution in [3.63, 3.8) is 0 Å². The van der Waals surface area contributed by atoms with Crippen molar-refractivity contribution in [2.75, 3.05) is 26.2 Å². The molecule has 0 unspecified atom stereocenters. The molecule has 1 aromatic rings. The molecule has 1 saturated heterocycles. The number of amides is 2. The molecule has 2 N–H and O–H groups in total. The van der Waals surface area contributed by atoms with Crippen LogP contribution in [0.4, 0.5) is 4.79 Å². The highest BCUT2D eigenvalue weighted by molar-refractivity contribution is 5.79. The maximum atomic E-state index is 12.6. The van der Waals surface area contributed by atoms with Crippen molar-refractivity contribution in [3.8, 4) is 0 Å². The van der Waals surface area contributed by atoms with Gasteiger partial charge in [-0.05, 0) is 24.5 Å². The number of carbonyl (C=O) groups is 2. The fourth-order valence-electron chi connectivity index (χ4n) is 3.80. The fourth-order valence-corrected chi connectivity index (χ4v) is 3.80. The molecule has 0 aromatic carbocycles. The van der Waals surface area contributed by atoms with Crippen LogP contribution >= 0.6 is 0 Å². The molecule has 1 aliphatic carbocycles. The van der Waals surface area contributed by atoms with E-state index in [1.54, 1.807) is 17.2 Å². The molecule has 2 amide bonds. The van der Waals surface area contributed by atoms with Crippen LogP contribution < -0.4 is 0 Å². The Hall–Kier alpha value is -2.15. The van der Waals surface area contributed by atoms with Crippen molar-refractivity contribution < 1.29 is 19.8 Å². The minimum Gasteiger partial charge on any atom is -0.465 e. The molecule has 0 spiro atoms. The molecule has 1 aliphatic heterocycles. The summed E-state index contributed by atoms with van der Waals surface area (Å²) in [6.07, 6.45) is 5.35. The lowest BCUT2D eigenvalue weighted by atomic mass is 9.80. The van der Waals surface area contributed by atoms with Crippen LogP contribution in [-0.4, -0.2) is 63.2 Å². The first-order valence-corrected chi connectivity index (χ1v) is 8.92. The number of aromatic nitrogens is 1. The predicted octanol–water partition coefficient (Wildman–Crippen LogP) is 1.60. The van der Waals surface area contributed by atoms with Gasteiger partial charge >= 0.3 is 6.09 Å². The number of carboxylic acid groups (broad SMARTS) is 1. The summed E-state index contributed by atoms with van der Waals surface area (Å²) >= 11 is 0. The van der Waals surface area contributed by atoms with Gasteiger partial charge < -0.3 is 20.0 Å². The smallest absolute Gasteiger partial charge is 0.407 e. The molecule has 7 heteroatoms. The van der Waals surface area contributed by atoms with Crippen LogP contribution in [0.2, 0.25) is 0 Å². The van der Waals surface area contributed by atoms with Crippen LogP contribution in [0.3, 0.4) is 0 Å². The van der Waals surface area contributed by atoms with Crippen molar-refractivity contribution in [1.82, 2.24) is 14.8 Å². The Kier molecular flexibility index (Phi) is 5.22. The summed E-state index contributed by atoms with van der Waals surface area (Å²) in [5, 5.41) is 20.0. The van der Waals surface area contributed by atoms with E-state index in [9.17, 15) is 14.7 Å². The van der Waals surface area contributed by atoms with E-state index in [1.807, 2.05) is 6.07 Å². The summed E-state index contributed by atoms with van der Waals surface area (Å²) in [6, 6.07) is 3.65. The highest BCUT2D eigenvalue weighted by atomic mass is 16.4. The van der Waals surface area contributed by atoms with Gasteiger partial charge in [-0.3, -0.25) is 9.78 Å². The van der Waals surface area contributed by atoms with E-state index in [-0.39, 0.29) is 12.3 Å². The van der Waals surface area contributed by atoms with Gasteiger partial charge in [0.1, 0.15) is 5.60 Å². The molecule has 2 aliphatic rings. The maximum Gasteiger partial charge on any atom is 0.407 e. The molecular formula is C18H25N3O4. The fraction of sp³-hybridized carbons (Fsp3) is 0.611. The van der Waals surface area contributed by atoms with Gasteiger partial charge in [0, 0.05) is 32.4 Å². The first-order chi connectivity index (χ1) is 12.0. The van der Waals surface area contributed by atoms with E-state index >= 15 is 0 Å². The average molecular weight is 347 g/mol. The molecule has 0 radical (unpaired) electrons. The quantitative estimate of drug-likeness (QED) is 0.866. The zero-order valence-corrected chi connectivity index (χ0v) is 14.4. The second kappa shape index (κ2) is 7.39. The van der Waals surface area contributed by atoms with Gasteiger partial charge in [0.15, 0.2) is 0 Å². The van der Waals surface area contributed by atoms with Gasteiger partial charge in [-0.15, -0.1) is 0 Å². The van der Waals surface area contributed by atoms with Crippen LogP contribution in [0, 0.1) is 0 Å². The molecule has 7 nitrogen and oxygen atoms in total. The van der Waals surface area contributed by atoms with E-state index in [2.05, 4.69) is 4.98 Å². The summed E-state index contributed by atoms with van der Waals surface area (Å²) in [6.45, 7) is 1.49. The van der Waals surface area contributed by atoms with Crippen molar-refractivity contribution in [3.05, 3.63) is 29.6 Å². The average Bonchev–Trinajstić information content (AvgIpc) is 2.63. The summed E-state index contributed by atoms with van der Waals surface area (Å²) in [4.78, 5) is 31.0. The summed E-state index contributed by atoms with van der Waals surface area (Å²) in [5.41, 5.74) is 0.474. The van der Waals surface area contributed by atoms with Gasteiger partial charge in [-0.25, -0.2) is 4.79 Å². The van der Waals surface area contributed by atoms with E-state index in [0.29, 0.717) is 44.7 Å². The monoisotopic (exact) mass is 347 g/mol. The SMILES string of the molecule is O=C(O)N1CCN(C(=O)Cc2cccnc2C2(O)CCCCC2)CC1. The normalized spacial score (nSPS) is 20.4. The maximum absolute atomic E-state index is 12.6. The second-order valence-electron chi connectivity index (χ2n) is 6.93. The molecule has 25 heavy (non-hydrogen) atoms. The van der Waals surface area contributed by atoms with Crippen LogP contribution in [-0.2, 0) is 16.8 Å². The molecule has 1 saturated carbocycles. The largest absolute Gasteiger partial charge is 0.465 e. The van der Waals surface area contributed by atoms with Gasteiger partial charge in [-0.1, -0.05) is 25.3 Å². The lowest BCUT2D eigenvalue weighted by Gasteiger charge is -2.35. The Morgan fingerprint density at radius 2 is 1.72 bits per heavy atom. The van der Waals surface area contributed by atoms with Crippen LogP contribution in [0.25, 0.3) is 0 Å². The van der Waals surface area contributed by atoms with E-state index in [1.165, 1.54) is 4.90 Å². The first kappa shape index (κ1) is 17.7. The lowest BCUT2D eigenvalue weighted by Crippen LogP contribution is -2.50. The van der Waals surface area contributed by atoms with Gasteiger partial charge in [0.25, 0.3) is 0 Å². The number of aliphatic hydroxyl groups is 1. The minimum atomic E-state index is -0.943. The van der Waals surface area contributed by atoms with Crippen molar-refractivity contribution in [2.24, 2.45) is 0 Å². The summed E-state index contributed by atoms with van der Waals surface area (Å²) in [7, 11) is 0.